The molecule has 4 rings (SSSR count). The van der Waals surface area contributed by atoms with Gasteiger partial charge in [-0.25, -0.2) is 0 Å². The lowest BCUT2D eigenvalue weighted by molar-refractivity contribution is -0.277. The number of phenols is 2. The van der Waals surface area contributed by atoms with Gasteiger partial charge < -0.3 is 59.1 Å². The van der Waals surface area contributed by atoms with E-state index < -0.39 is 60.0 Å². The molecule has 1 aliphatic heterocycles. The zero-order chi connectivity index (χ0) is 26.3. The van der Waals surface area contributed by atoms with E-state index in [0.29, 0.717) is 0 Å². The molecule has 2 aromatic carbocycles. The van der Waals surface area contributed by atoms with Crippen molar-refractivity contribution in [2.45, 2.75) is 30.7 Å². The number of phenolic OH excluding ortho intramolecular Hbond substituents is 2. The van der Waals surface area contributed by atoms with Crippen LogP contribution in [0.4, 0.5) is 0 Å². The van der Waals surface area contributed by atoms with E-state index in [2.05, 4.69) is 0 Å². The summed E-state index contributed by atoms with van der Waals surface area (Å²) in [4.78, 5) is 12.8. The molecule has 0 amide bonds. The van der Waals surface area contributed by atoms with E-state index in [9.17, 15) is 40.5 Å². The van der Waals surface area contributed by atoms with Crippen molar-refractivity contribution in [3.8, 4) is 45.8 Å². The van der Waals surface area contributed by atoms with Crippen LogP contribution >= 0.6 is 0 Å². The lowest BCUT2D eigenvalue weighted by Crippen LogP contribution is -2.60. The number of ether oxygens (including phenoxy) is 4. The molecule has 36 heavy (non-hydrogen) atoms. The normalized spacial score (nSPS) is 24.0. The molecule has 1 aromatic heterocycles. The Labute approximate surface area is 202 Å². The van der Waals surface area contributed by atoms with E-state index in [1.54, 1.807) is 0 Å². The molecule has 13 nitrogen and oxygen atoms in total. The second-order valence-electron chi connectivity index (χ2n) is 7.94. The molecule has 0 spiro atoms. The molecule has 194 valence electrons. The van der Waals surface area contributed by atoms with Crippen molar-refractivity contribution in [1.82, 2.24) is 0 Å². The molecule has 1 saturated heterocycles. The zero-order valence-corrected chi connectivity index (χ0v) is 19.0. The summed E-state index contributed by atoms with van der Waals surface area (Å²) in [5.74, 6) is -2.46. The summed E-state index contributed by atoms with van der Waals surface area (Å²) in [6.45, 7) is -0.667. The number of aromatic hydroxyl groups is 3. The first-order chi connectivity index (χ1) is 17.1. The third kappa shape index (κ3) is 4.12. The Morgan fingerprint density at radius 2 is 1.64 bits per heavy atom. The number of hydrogen-bond donors (Lipinski definition) is 7. The molecular weight excluding hydrogens is 484 g/mol. The summed E-state index contributed by atoms with van der Waals surface area (Å²) in [5.41, 5.74) is -1.16. The van der Waals surface area contributed by atoms with Crippen molar-refractivity contribution in [3.05, 3.63) is 34.5 Å². The SMILES string of the molecule is COc1cc(O)c2c(=O)c(O)c(-c3ccc(O[C@@H]4O[C@H](CO)[C@@H](O)[C@H](O)[C@H]4O)c(O)c3)oc2c1OC. The first kappa shape index (κ1) is 25.3. The molecule has 3 aromatic rings. The minimum absolute atomic E-state index is 0.0181. The molecule has 0 aliphatic carbocycles. The van der Waals surface area contributed by atoms with Crippen molar-refractivity contribution >= 4 is 11.0 Å². The van der Waals surface area contributed by atoms with Crippen LogP contribution in [-0.4, -0.2) is 87.3 Å². The number of benzene rings is 2. The summed E-state index contributed by atoms with van der Waals surface area (Å²) in [6.07, 6.45) is -7.75. The fourth-order valence-electron chi connectivity index (χ4n) is 3.88. The highest BCUT2D eigenvalue weighted by Crippen LogP contribution is 2.44. The standard InChI is InChI=1S/C23H24O13/c1-32-12-6-10(26)14-16(28)18(30)20(36-22(14)21(12)33-2)8-3-4-11(9(25)5-8)34-23-19(31)17(29)15(27)13(7-24)35-23/h3-6,13,15,17,19,23-27,29-31H,7H2,1-2H3/t13-,15-,17+,19-,23-/m1/s1. The summed E-state index contributed by atoms with van der Waals surface area (Å²) in [7, 11) is 2.60. The number of rotatable bonds is 6. The molecule has 5 atom stereocenters. The van der Waals surface area contributed by atoms with Crippen LogP contribution in [0.2, 0.25) is 0 Å². The van der Waals surface area contributed by atoms with E-state index in [1.165, 1.54) is 26.4 Å². The lowest BCUT2D eigenvalue weighted by atomic mass is 9.99. The molecule has 0 saturated carbocycles. The number of hydrogen-bond acceptors (Lipinski definition) is 13. The van der Waals surface area contributed by atoms with Crippen molar-refractivity contribution in [1.29, 1.82) is 0 Å². The van der Waals surface area contributed by atoms with Gasteiger partial charge in [-0.15, -0.1) is 0 Å². The Hall–Kier alpha value is -3.75. The van der Waals surface area contributed by atoms with Gasteiger partial charge in [0.2, 0.25) is 23.2 Å². The minimum Gasteiger partial charge on any atom is -0.507 e. The fraction of sp³-hybridized carbons (Fsp3) is 0.348. The van der Waals surface area contributed by atoms with Crippen molar-refractivity contribution in [2.75, 3.05) is 20.8 Å². The lowest BCUT2D eigenvalue weighted by Gasteiger charge is -2.39. The smallest absolute Gasteiger partial charge is 0.238 e. The largest absolute Gasteiger partial charge is 0.507 e. The van der Waals surface area contributed by atoms with E-state index in [0.717, 1.165) is 12.1 Å². The van der Waals surface area contributed by atoms with Gasteiger partial charge in [0.05, 0.1) is 20.8 Å². The Balaban J connectivity index is 1.74. The predicted octanol–water partition coefficient (Wildman–Crippen LogP) is -0.227. The Kier molecular flexibility index (Phi) is 6.84. The monoisotopic (exact) mass is 508 g/mol. The highest BCUT2D eigenvalue weighted by atomic mass is 16.7. The number of fused-ring (bicyclic) bond motifs is 1. The molecule has 1 aliphatic rings. The Bertz CT molecular complexity index is 1330. The summed E-state index contributed by atoms with van der Waals surface area (Å²) in [5, 5.41) is 70.1. The maximum absolute atomic E-state index is 12.8. The number of aliphatic hydroxyl groups is 4. The number of methoxy groups -OCH3 is 2. The van der Waals surface area contributed by atoms with Crippen molar-refractivity contribution < 1.29 is 59.1 Å². The highest BCUT2D eigenvalue weighted by Gasteiger charge is 2.45. The number of aliphatic hydroxyl groups excluding tert-OH is 4. The second kappa shape index (κ2) is 9.72. The van der Waals surface area contributed by atoms with Gasteiger partial charge >= 0.3 is 0 Å². The van der Waals surface area contributed by atoms with Crippen LogP contribution in [0, 0.1) is 0 Å². The van der Waals surface area contributed by atoms with Crippen LogP contribution in [-0.2, 0) is 4.74 Å². The summed E-state index contributed by atoms with van der Waals surface area (Å²) in [6, 6.07) is 4.72. The molecule has 0 bridgehead atoms. The van der Waals surface area contributed by atoms with Gasteiger partial charge in [0.25, 0.3) is 0 Å². The van der Waals surface area contributed by atoms with Gasteiger partial charge in [-0.2, -0.15) is 0 Å². The van der Waals surface area contributed by atoms with Gasteiger partial charge in [-0.3, -0.25) is 4.79 Å². The van der Waals surface area contributed by atoms with Gasteiger partial charge in [-0.1, -0.05) is 0 Å². The third-order valence-corrected chi connectivity index (χ3v) is 5.78. The van der Waals surface area contributed by atoms with Crippen LogP contribution in [0.3, 0.4) is 0 Å². The Morgan fingerprint density at radius 1 is 0.917 bits per heavy atom. The van der Waals surface area contributed by atoms with Crippen LogP contribution in [0.15, 0.2) is 33.5 Å². The predicted molar refractivity (Wildman–Crippen MR) is 120 cm³/mol. The van der Waals surface area contributed by atoms with Gasteiger partial charge in [0.15, 0.2) is 28.6 Å². The van der Waals surface area contributed by atoms with Crippen LogP contribution < -0.4 is 19.6 Å². The Morgan fingerprint density at radius 3 is 2.25 bits per heavy atom. The first-order valence-corrected chi connectivity index (χ1v) is 10.6. The molecule has 2 heterocycles. The van der Waals surface area contributed by atoms with E-state index in [1.807, 2.05) is 0 Å². The topological polar surface area (TPSA) is 209 Å². The molecule has 7 N–H and O–H groups in total. The third-order valence-electron chi connectivity index (χ3n) is 5.78. The van der Waals surface area contributed by atoms with E-state index >= 15 is 0 Å². The average Bonchev–Trinajstić information content (AvgIpc) is 2.86. The second-order valence-corrected chi connectivity index (χ2v) is 7.94. The van der Waals surface area contributed by atoms with Crippen molar-refractivity contribution in [3.63, 3.8) is 0 Å². The molecule has 13 heteroatoms. The highest BCUT2D eigenvalue weighted by molar-refractivity contribution is 5.93. The van der Waals surface area contributed by atoms with Crippen LogP contribution in [0.5, 0.6) is 34.5 Å². The van der Waals surface area contributed by atoms with Crippen molar-refractivity contribution in [2.24, 2.45) is 0 Å². The van der Waals surface area contributed by atoms with Gasteiger partial charge in [0, 0.05) is 11.6 Å². The maximum atomic E-state index is 12.8. The molecule has 1 fully saturated rings. The maximum Gasteiger partial charge on any atom is 0.238 e. The zero-order valence-electron chi connectivity index (χ0n) is 19.0. The molecular formula is C23H24O13. The fourth-order valence-corrected chi connectivity index (χ4v) is 3.88. The first-order valence-electron chi connectivity index (χ1n) is 10.6. The van der Waals surface area contributed by atoms with E-state index in [4.69, 9.17) is 23.4 Å². The van der Waals surface area contributed by atoms with E-state index in [-0.39, 0.29) is 39.5 Å². The molecule has 0 radical (unpaired) electrons. The van der Waals surface area contributed by atoms with Gasteiger partial charge in [0.1, 0.15) is 35.6 Å². The van der Waals surface area contributed by atoms with Gasteiger partial charge in [-0.05, 0) is 18.2 Å². The quantitative estimate of drug-likeness (QED) is 0.230. The van der Waals surface area contributed by atoms with Crippen LogP contribution in [0.25, 0.3) is 22.3 Å². The minimum atomic E-state index is -1.71. The summed E-state index contributed by atoms with van der Waals surface area (Å²) >= 11 is 0. The molecule has 0 unspecified atom stereocenters. The summed E-state index contributed by atoms with van der Waals surface area (Å²) < 4.78 is 26.8. The van der Waals surface area contributed by atoms with Crippen LogP contribution in [0.1, 0.15) is 0 Å². The average molecular weight is 508 g/mol.